The molecular formula is C7H8F6O3. The topological polar surface area (TPSA) is 31.0 Å². The van der Waals surface area contributed by atoms with Gasteiger partial charge >= 0.3 is 12.4 Å². The molecule has 0 radical (unpaired) electrons. The third kappa shape index (κ3) is 2.77. The summed E-state index contributed by atoms with van der Waals surface area (Å²) in [6.07, 6.45) is -11.7. The van der Waals surface area contributed by atoms with Gasteiger partial charge in [-0.15, -0.1) is 0 Å². The van der Waals surface area contributed by atoms with Gasteiger partial charge in [-0.1, -0.05) is 0 Å². The summed E-state index contributed by atoms with van der Waals surface area (Å²) in [5.41, 5.74) is -4.34. The van der Waals surface area contributed by atoms with E-state index in [1.165, 1.54) is 0 Å². The molecule has 0 aliphatic carbocycles. The number of epoxide rings is 1. The lowest BCUT2D eigenvalue weighted by Gasteiger charge is -2.31. The molecule has 1 aliphatic rings. The molecule has 1 saturated heterocycles. The zero-order chi connectivity index (χ0) is 12.6. The number of alkyl halides is 6. The van der Waals surface area contributed by atoms with E-state index in [4.69, 9.17) is 0 Å². The Morgan fingerprint density at radius 3 is 1.88 bits per heavy atom. The van der Waals surface area contributed by atoms with Gasteiger partial charge in [0.2, 0.25) is 0 Å². The van der Waals surface area contributed by atoms with E-state index in [1.54, 1.807) is 0 Å². The van der Waals surface area contributed by atoms with Crippen LogP contribution in [-0.2, 0) is 14.5 Å². The summed E-state index contributed by atoms with van der Waals surface area (Å²) in [6, 6.07) is 0. The van der Waals surface area contributed by atoms with E-state index >= 15 is 0 Å². The Hall–Kier alpha value is -0.540. The highest BCUT2D eigenvalue weighted by atomic mass is 19.4. The summed E-state index contributed by atoms with van der Waals surface area (Å²) >= 11 is 0. The van der Waals surface area contributed by atoms with Crippen LogP contribution in [0, 0.1) is 0 Å². The van der Waals surface area contributed by atoms with Gasteiger partial charge in [0.05, 0.1) is 6.61 Å². The summed E-state index contributed by atoms with van der Waals surface area (Å²) in [4.78, 5) is 7.39. The minimum atomic E-state index is -5.62. The third-order valence-corrected chi connectivity index (χ3v) is 1.96. The van der Waals surface area contributed by atoms with Crippen molar-refractivity contribution >= 4 is 0 Å². The van der Waals surface area contributed by atoms with Crippen molar-refractivity contribution in [1.82, 2.24) is 0 Å². The fraction of sp³-hybridized carbons (Fsp3) is 1.00. The Balaban J connectivity index is 2.62. The van der Waals surface area contributed by atoms with Crippen LogP contribution in [-0.4, -0.2) is 37.3 Å². The highest BCUT2D eigenvalue weighted by Gasteiger charge is 2.70. The predicted molar refractivity (Wildman–Crippen MR) is 37.3 cm³/mol. The molecule has 0 bridgehead atoms. The molecule has 1 atom stereocenters. The van der Waals surface area contributed by atoms with E-state index in [9.17, 15) is 26.3 Å². The molecule has 0 amide bonds. The minimum absolute atomic E-state index is 0.138. The molecule has 3 nitrogen and oxygen atoms in total. The molecule has 0 aromatic carbocycles. The van der Waals surface area contributed by atoms with Crippen LogP contribution in [0.4, 0.5) is 26.3 Å². The molecule has 0 spiro atoms. The second kappa shape index (κ2) is 4.04. The first kappa shape index (κ1) is 13.5. The Labute approximate surface area is 86.2 Å². The summed E-state index contributed by atoms with van der Waals surface area (Å²) in [6.45, 7) is -0.374. The van der Waals surface area contributed by atoms with E-state index in [2.05, 4.69) is 14.5 Å². The maximum Gasteiger partial charge on any atom is 0.429 e. The molecule has 1 fully saturated rings. The lowest BCUT2D eigenvalue weighted by Crippen LogP contribution is -2.56. The normalized spacial score (nSPS) is 22.3. The maximum absolute atomic E-state index is 12.2. The average molecular weight is 254 g/mol. The molecule has 1 heterocycles. The molecule has 9 heteroatoms. The quantitative estimate of drug-likeness (QED) is 0.333. The van der Waals surface area contributed by atoms with E-state index in [0.717, 1.165) is 0 Å². The van der Waals surface area contributed by atoms with Crippen LogP contribution < -0.4 is 0 Å². The van der Waals surface area contributed by atoms with Crippen molar-refractivity contribution in [2.45, 2.75) is 31.0 Å². The van der Waals surface area contributed by atoms with Crippen LogP contribution in [0.5, 0.6) is 0 Å². The highest BCUT2D eigenvalue weighted by Crippen LogP contribution is 2.45. The largest absolute Gasteiger partial charge is 0.429 e. The third-order valence-electron chi connectivity index (χ3n) is 1.96. The van der Waals surface area contributed by atoms with Gasteiger partial charge in [-0.05, 0) is 6.92 Å². The fourth-order valence-corrected chi connectivity index (χ4v) is 0.647. The molecule has 1 rings (SSSR count). The number of rotatable bonds is 4. The number of hydrogen-bond donors (Lipinski definition) is 0. The van der Waals surface area contributed by atoms with Crippen LogP contribution in [0.15, 0.2) is 0 Å². The molecule has 1 aliphatic heterocycles. The van der Waals surface area contributed by atoms with E-state index < -0.39 is 30.7 Å². The summed E-state index contributed by atoms with van der Waals surface area (Å²) in [7, 11) is 0. The molecule has 16 heavy (non-hydrogen) atoms. The summed E-state index contributed by atoms with van der Waals surface area (Å²) in [5.74, 6) is 0. The minimum Gasteiger partial charge on any atom is -0.370 e. The molecule has 0 N–H and O–H groups in total. The van der Waals surface area contributed by atoms with Gasteiger partial charge in [0.15, 0.2) is 0 Å². The van der Waals surface area contributed by atoms with Crippen molar-refractivity contribution in [2.24, 2.45) is 0 Å². The molecule has 0 aromatic heterocycles. The smallest absolute Gasteiger partial charge is 0.370 e. The van der Waals surface area contributed by atoms with Gasteiger partial charge in [-0.2, -0.15) is 26.3 Å². The fourth-order valence-electron chi connectivity index (χ4n) is 0.647. The maximum atomic E-state index is 12.2. The number of halogens is 6. The first-order chi connectivity index (χ1) is 7.08. The monoisotopic (exact) mass is 254 g/mol. The Morgan fingerprint density at radius 2 is 1.56 bits per heavy atom. The van der Waals surface area contributed by atoms with E-state index in [-0.39, 0.29) is 13.5 Å². The first-order valence-electron chi connectivity index (χ1n) is 4.13. The zero-order valence-corrected chi connectivity index (χ0v) is 7.98. The van der Waals surface area contributed by atoms with Crippen LogP contribution in [0.2, 0.25) is 0 Å². The van der Waals surface area contributed by atoms with Crippen molar-refractivity contribution in [3.63, 3.8) is 0 Å². The average Bonchev–Trinajstić information content (AvgIpc) is 2.83. The van der Waals surface area contributed by atoms with Gasteiger partial charge in [0, 0.05) is 0 Å². The van der Waals surface area contributed by atoms with E-state index in [1.807, 2.05) is 0 Å². The number of hydrogen-bond acceptors (Lipinski definition) is 3. The van der Waals surface area contributed by atoms with Crippen LogP contribution in [0.3, 0.4) is 0 Å². The van der Waals surface area contributed by atoms with Gasteiger partial charge in [-0.25, -0.2) is 9.78 Å². The highest BCUT2D eigenvalue weighted by molar-refractivity contribution is 4.90. The molecule has 96 valence electrons. The predicted octanol–water partition coefficient (Wildman–Crippen LogP) is 2.22. The van der Waals surface area contributed by atoms with Gasteiger partial charge < -0.3 is 4.74 Å². The Morgan fingerprint density at radius 1 is 1.12 bits per heavy atom. The lowest BCUT2D eigenvalue weighted by atomic mass is 10.1. The molecule has 0 saturated carbocycles. The van der Waals surface area contributed by atoms with Crippen molar-refractivity contribution in [1.29, 1.82) is 0 Å². The molecule has 0 aromatic rings. The van der Waals surface area contributed by atoms with Crippen molar-refractivity contribution in [2.75, 3.05) is 13.2 Å². The standard InChI is InChI=1S/C7H8F6O3/c1-5(6(8,9)10,7(11,12)13)16-15-3-4-2-14-4/h4H,2-3H2,1H3. The summed E-state index contributed by atoms with van der Waals surface area (Å²) < 4.78 is 77.6. The van der Waals surface area contributed by atoms with Crippen LogP contribution in [0.1, 0.15) is 6.92 Å². The van der Waals surface area contributed by atoms with Crippen LogP contribution >= 0.6 is 0 Å². The lowest BCUT2D eigenvalue weighted by molar-refractivity contribution is -0.477. The second-order valence-electron chi connectivity index (χ2n) is 3.35. The van der Waals surface area contributed by atoms with Gasteiger partial charge in [0.25, 0.3) is 5.60 Å². The molecular weight excluding hydrogens is 246 g/mol. The zero-order valence-electron chi connectivity index (χ0n) is 7.98. The van der Waals surface area contributed by atoms with Gasteiger partial charge in [-0.3, -0.25) is 0 Å². The van der Waals surface area contributed by atoms with Crippen molar-refractivity contribution in [3.8, 4) is 0 Å². The van der Waals surface area contributed by atoms with E-state index in [0.29, 0.717) is 0 Å². The molecule has 1 unspecified atom stereocenters. The first-order valence-corrected chi connectivity index (χ1v) is 4.13. The van der Waals surface area contributed by atoms with Gasteiger partial charge in [0.1, 0.15) is 12.7 Å². The second-order valence-corrected chi connectivity index (χ2v) is 3.35. The summed E-state index contributed by atoms with van der Waals surface area (Å²) in [5, 5.41) is 0. The Kier molecular flexibility index (Phi) is 3.42. The SMILES string of the molecule is CC(OOCC1CO1)(C(F)(F)F)C(F)(F)F. The number of ether oxygens (including phenoxy) is 1. The van der Waals surface area contributed by atoms with Crippen LogP contribution in [0.25, 0.3) is 0 Å². The van der Waals surface area contributed by atoms with Crippen molar-refractivity contribution in [3.05, 3.63) is 0 Å². The Bertz CT molecular complexity index is 229. The van der Waals surface area contributed by atoms with Crippen molar-refractivity contribution < 1.29 is 40.9 Å².